The Hall–Kier alpha value is -1.97. The normalized spacial score (nSPS) is 17.8. The molecule has 0 heterocycles. The van der Waals surface area contributed by atoms with Gasteiger partial charge in [-0.25, -0.2) is 0 Å². The number of hydrogen-bond donors (Lipinski definition) is 0. The van der Waals surface area contributed by atoms with Gasteiger partial charge in [-0.05, 0) is 13.3 Å². The Kier molecular flexibility index (Phi) is 3.03. The summed E-state index contributed by atoms with van der Waals surface area (Å²) in [5.74, 6) is -0.354. The van der Waals surface area contributed by atoms with Crippen molar-refractivity contribution in [3.05, 3.63) is 35.4 Å². The molecular weight excluding hydrogens is 230 g/mol. The van der Waals surface area contributed by atoms with Gasteiger partial charge in [-0.3, -0.25) is 9.59 Å². The van der Waals surface area contributed by atoms with E-state index < -0.39 is 5.41 Å². The quantitative estimate of drug-likeness (QED) is 0.467. The molecule has 0 saturated carbocycles. The minimum atomic E-state index is -1.18. The van der Waals surface area contributed by atoms with Crippen LogP contribution in [0.25, 0.3) is 0 Å². The molecule has 0 unspecified atom stereocenters. The molecule has 0 amide bonds. The van der Waals surface area contributed by atoms with Crippen LogP contribution >= 0.6 is 0 Å². The van der Waals surface area contributed by atoms with E-state index >= 15 is 0 Å². The third-order valence-corrected chi connectivity index (χ3v) is 3.57. The van der Waals surface area contributed by atoms with Crippen molar-refractivity contribution in [2.45, 2.75) is 20.3 Å². The average molecular weight is 245 g/mol. The van der Waals surface area contributed by atoms with Gasteiger partial charge in [-0.2, -0.15) is 0 Å². The average Bonchev–Trinajstić information content (AvgIpc) is 2.61. The first kappa shape index (κ1) is 12.5. The first-order valence-electron chi connectivity index (χ1n) is 5.86. The Morgan fingerprint density at radius 2 is 1.72 bits per heavy atom. The lowest BCUT2D eigenvalue weighted by Gasteiger charge is -2.23. The molecule has 0 fully saturated rings. The molecule has 1 aromatic carbocycles. The smallest absolute Gasteiger partial charge is 0.183 e. The fourth-order valence-electron chi connectivity index (χ4n) is 2.56. The number of oxime groups is 1. The van der Waals surface area contributed by atoms with Crippen molar-refractivity contribution in [1.29, 1.82) is 0 Å². The molecular formula is C14H15NO3. The maximum atomic E-state index is 12.5. The molecule has 0 aliphatic heterocycles. The van der Waals surface area contributed by atoms with E-state index in [9.17, 15) is 9.59 Å². The number of nitrogens with zero attached hydrogens (tertiary/aromatic N) is 1. The summed E-state index contributed by atoms with van der Waals surface area (Å²) >= 11 is 0. The van der Waals surface area contributed by atoms with E-state index in [0.717, 1.165) is 0 Å². The summed E-state index contributed by atoms with van der Waals surface area (Å²) in [6, 6.07) is 6.90. The van der Waals surface area contributed by atoms with Crippen LogP contribution in [0.1, 0.15) is 41.0 Å². The van der Waals surface area contributed by atoms with E-state index in [1.54, 1.807) is 31.2 Å². The third-order valence-electron chi connectivity index (χ3n) is 3.57. The van der Waals surface area contributed by atoms with E-state index in [2.05, 4.69) is 5.16 Å². The van der Waals surface area contributed by atoms with Crippen molar-refractivity contribution in [1.82, 2.24) is 0 Å². The van der Waals surface area contributed by atoms with Crippen molar-refractivity contribution in [3.63, 3.8) is 0 Å². The van der Waals surface area contributed by atoms with E-state index in [4.69, 9.17) is 4.84 Å². The summed E-state index contributed by atoms with van der Waals surface area (Å²) in [5, 5.41) is 3.81. The van der Waals surface area contributed by atoms with Crippen LogP contribution in [0.4, 0.5) is 0 Å². The molecule has 1 aromatic rings. The van der Waals surface area contributed by atoms with Crippen molar-refractivity contribution < 1.29 is 14.4 Å². The van der Waals surface area contributed by atoms with Gasteiger partial charge in [0.05, 0.1) is 5.71 Å². The van der Waals surface area contributed by atoms with Gasteiger partial charge < -0.3 is 4.84 Å². The van der Waals surface area contributed by atoms with Crippen LogP contribution in [0.2, 0.25) is 0 Å². The lowest BCUT2D eigenvalue weighted by molar-refractivity contribution is 0.0770. The molecule has 94 valence electrons. The number of Topliss-reactive ketones (excluding diaryl/α,β-unsaturated/α-hetero) is 2. The van der Waals surface area contributed by atoms with E-state index in [-0.39, 0.29) is 11.6 Å². The topological polar surface area (TPSA) is 55.7 Å². The van der Waals surface area contributed by atoms with Gasteiger partial charge in [0, 0.05) is 11.1 Å². The molecule has 18 heavy (non-hydrogen) atoms. The Morgan fingerprint density at radius 3 is 2.11 bits per heavy atom. The fourth-order valence-corrected chi connectivity index (χ4v) is 2.56. The van der Waals surface area contributed by atoms with Crippen LogP contribution in [0.5, 0.6) is 0 Å². The predicted molar refractivity (Wildman–Crippen MR) is 67.9 cm³/mol. The largest absolute Gasteiger partial charge is 0.399 e. The van der Waals surface area contributed by atoms with Gasteiger partial charge >= 0.3 is 0 Å². The molecule has 1 aliphatic carbocycles. The third kappa shape index (κ3) is 1.41. The number of carbonyl (C=O) groups is 2. The molecule has 2 rings (SSSR count). The molecule has 0 N–H and O–H groups in total. The Balaban J connectivity index is 2.64. The highest BCUT2D eigenvalue weighted by Crippen LogP contribution is 2.40. The summed E-state index contributed by atoms with van der Waals surface area (Å²) in [4.78, 5) is 29.8. The standard InChI is InChI=1S/C14H15NO3/c1-4-14(9(2)15-18-3)12(16)10-7-5-6-8-11(10)13(14)17/h5-8H,4H2,1-3H3/b15-9+. The molecule has 4 nitrogen and oxygen atoms in total. The Bertz CT molecular complexity index is 511. The minimum Gasteiger partial charge on any atom is -0.399 e. The maximum Gasteiger partial charge on any atom is 0.183 e. The minimum absolute atomic E-state index is 0.177. The monoisotopic (exact) mass is 245 g/mol. The van der Waals surface area contributed by atoms with E-state index in [0.29, 0.717) is 23.3 Å². The number of hydrogen-bond acceptors (Lipinski definition) is 4. The molecule has 0 radical (unpaired) electrons. The number of benzene rings is 1. The lowest BCUT2D eigenvalue weighted by Crippen LogP contribution is -2.40. The van der Waals surface area contributed by atoms with Gasteiger partial charge in [0.2, 0.25) is 0 Å². The first-order chi connectivity index (χ1) is 8.59. The van der Waals surface area contributed by atoms with Gasteiger partial charge in [0.15, 0.2) is 11.6 Å². The van der Waals surface area contributed by atoms with Crippen LogP contribution in [0.15, 0.2) is 29.4 Å². The van der Waals surface area contributed by atoms with Gasteiger partial charge in [-0.1, -0.05) is 36.3 Å². The summed E-state index contributed by atoms with van der Waals surface area (Å²) in [6.45, 7) is 3.48. The zero-order valence-corrected chi connectivity index (χ0v) is 10.7. The first-order valence-corrected chi connectivity index (χ1v) is 5.86. The van der Waals surface area contributed by atoms with Crippen LogP contribution in [-0.4, -0.2) is 24.4 Å². The zero-order valence-electron chi connectivity index (χ0n) is 10.7. The highest BCUT2D eigenvalue weighted by Gasteiger charge is 2.54. The second-order valence-electron chi connectivity index (χ2n) is 4.32. The summed E-state index contributed by atoms with van der Waals surface area (Å²) in [7, 11) is 1.41. The van der Waals surface area contributed by atoms with E-state index in [1.807, 2.05) is 6.92 Å². The molecule has 0 bridgehead atoms. The van der Waals surface area contributed by atoms with Crippen molar-refractivity contribution in [2.24, 2.45) is 10.6 Å². The summed E-state index contributed by atoms with van der Waals surface area (Å²) in [6.07, 6.45) is 0.387. The second-order valence-corrected chi connectivity index (χ2v) is 4.32. The summed E-state index contributed by atoms with van der Waals surface area (Å²) < 4.78 is 0. The Morgan fingerprint density at radius 1 is 1.22 bits per heavy atom. The maximum absolute atomic E-state index is 12.5. The van der Waals surface area contributed by atoms with Crippen LogP contribution in [-0.2, 0) is 4.84 Å². The highest BCUT2D eigenvalue weighted by molar-refractivity contribution is 6.39. The van der Waals surface area contributed by atoms with Crippen molar-refractivity contribution in [3.8, 4) is 0 Å². The molecule has 0 spiro atoms. The lowest BCUT2D eigenvalue weighted by atomic mass is 9.76. The fraction of sp³-hybridized carbons (Fsp3) is 0.357. The number of ketones is 2. The molecule has 1 aliphatic rings. The van der Waals surface area contributed by atoms with Gasteiger partial charge in [0.25, 0.3) is 0 Å². The summed E-state index contributed by atoms with van der Waals surface area (Å²) in [5.41, 5.74) is 0.198. The van der Waals surface area contributed by atoms with Crippen LogP contribution in [0, 0.1) is 5.41 Å². The number of rotatable bonds is 3. The highest BCUT2D eigenvalue weighted by atomic mass is 16.6. The molecule has 0 saturated heterocycles. The van der Waals surface area contributed by atoms with Crippen molar-refractivity contribution >= 4 is 17.3 Å². The van der Waals surface area contributed by atoms with Crippen LogP contribution in [0.3, 0.4) is 0 Å². The number of carbonyl (C=O) groups excluding carboxylic acids is 2. The molecule has 0 aromatic heterocycles. The zero-order chi connectivity index (χ0) is 13.3. The predicted octanol–water partition coefficient (Wildman–Crippen LogP) is 2.48. The van der Waals surface area contributed by atoms with Crippen molar-refractivity contribution in [2.75, 3.05) is 7.11 Å². The SMILES string of the molecule is CCC1(/C(C)=N/OC)C(=O)c2ccccc2C1=O. The second kappa shape index (κ2) is 4.37. The van der Waals surface area contributed by atoms with E-state index in [1.165, 1.54) is 7.11 Å². The van der Waals surface area contributed by atoms with Gasteiger partial charge in [0.1, 0.15) is 12.5 Å². The van der Waals surface area contributed by atoms with Gasteiger partial charge in [-0.15, -0.1) is 0 Å². The molecule has 4 heteroatoms. The number of fused-ring (bicyclic) bond motifs is 1. The van der Waals surface area contributed by atoms with Crippen LogP contribution < -0.4 is 0 Å². The molecule has 0 atom stereocenters. The Labute approximate surface area is 106 Å².